The number of alkyl halides is 2. The van der Waals surface area contributed by atoms with E-state index in [1.54, 1.807) is 0 Å². The van der Waals surface area contributed by atoms with Crippen molar-refractivity contribution in [2.24, 2.45) is 5.73 Å². The van der Waals surface area contributed by atoms with E-state index < -0.39 is 24.2 Å². The SMILES string of the molecule is CC(N)C(=O)NC/C=C(\F)C(F)F.Cl. The molecule has 0 aromatic carbocycles. The summed E-state index contributed by atoms with van der Waals surface area (Å²) >= 11 is 0. The van der Waals surface area contributed by atoms with E-state index in [1.165, 1.54) is 6.92 Å². The van der Waals surface area contributed by atoms with Gasteiger partial charge in [0, 0.05) is 6.54 Å². The van der Waals surface area contributed by atoms with Gasteiger partial charge in [0.2, 0.25) is 5.91 Å². The monoisotopic (exact) mass is 232 g/mol. The number of allylic oxidation sites excluding steroid dienone is 1. The molecule has 1 unspecified atom stereocenters. The second-order valence-corrected chi connectivity index (χ2v) is 2.42. The molecular formula is C7H12ClF3N2O. The minimum atomic E-state index is -3.13. The molecule has 0 heterocycles. The molecule has 1 atom stereocenters. The van der Waals surface area contributed by atoms with Crippen molar-refractivity contribution in [3.05, 3.63) is 11.9 Å². The average Bonchev–Trinajstić information content (AvgIpc) is 2.03. The molecular weight excluding hydrogens is 221 g/mol. The highest BCUT2D eigenvalue weighted by Gasteiger charge is 2.09. The lowest BCUT2D eigenvalue weighted by molar-refractivity contribution is -0.121. The molecule has 0 aliphatic carbocycles. The zero-order valence-corrected chi connectivity index (χ0v) is 8.28. The molecule has 0 aromatic heterocycles. The van der Waals surface area contributed by atoms with E-state index in [4.69, 9.17) is 5.73 Å². The highest BCUT2D eigenvalue weighted by atomic mass is 35.5. The molecule has 0 aliphatic heterocycles. The van der Waals surface area contributed by atoms with E-state index in [2.05, 4.69) is 5.32 Å². The summed E-state index contributed by atoms with van der Waals surface area (Å²) in [5.74, 6) is -2.07. The third kappa shape index (κ3) is 6.73. The molecule has 1 amide bonds. The highest BCUT2D eigenvalue weighted by Crippen LogP contribution is 2.07. The highest BCUT2D eigenvalue weighted by molar-refractivity contribution is 5.85. The minimum Gasteiger partial charge on any atom is -0.351 e. The van der Waals surface area contributed by atoms with E-state index in [0.29, 0.717) is 6.08 Å². The van der Waals surface area contributed by atoms with Crippen LogP contribution in [-0.2, 0) is 4.79 Å². The first-order chi connectivity index (χ1) is 5.95. The van der Waals surface area contributed by atoms with Gasteiger partial charge in [-0.1, -0.05) is 0 Å². The van der Waals surface area contributed by atoms with Crippen molar-refractivity contribution in [3.63, 3.8) is 0 Å². The maximum absolute atomic E-state index is 12.1. The second kappa shape index (κ2) is 7.64. The van der Waals surface area contributed by atoms with Crippen LogP contribution in [0.15, 0.2) is 11.9 Å². The topological polar surface area (TPSA) is 55.1 Å². The first-order valence-electron chi connectivity index (χ1n) is 3.62. The summed E-state index contributed by atoms with van der Waals surface area (Å²) in [6.07, 6.45) is -2.53. The second-order valence-electron chi connectivity index (χ2n) is 2.42. The van der Waals surface area contributed by atoms with Crippen LogP contribution in [0, 0.1) is 0 Å². The fourth-order valence-electron chi connectivity index (χ4n) is 0.499. The molecule has 0 radical (unpaired) electrons. The van der Waals surface area contributed by atoms with Crippen LogP contribution in [0.1, 0.15) is 6.92 Å². The van der Waals surface area contributed by atoms with E-state index >= 15 is 0 Å². The van der Waals surface area contributed by atoms with Crippen LogP contribution < -0.4 is 11.1 Å². The van der Waals surface area contributed by atoms with E-state index in [-0.39, 0.29) is 19.0 Å². The molecule has 0 saturated carbocycles. The van der Waals surface area contributed by atoms with E-state index in [9.17, 15) is 18.0 Å². The van der Waals surface area contributed by atoms with Gasteiger partial charge >= 0.3 is 0 Å². The van der Waals surface area contributed by atoms with E-state index in [1.807, 2.05) is 0 Å². The molecule has 14 heavy (non-hydrogen) atoms. The van der Waals surface area contributed by atoms with Gasteiger partial charge in [-0.15, -0.1) is 12.4 Å². The molecule has 3 nitrogen and oxygen atoms in total. The molecule has 0 fully saturated rings. The van der Waals surface area contributed by atoms with E-state index in [0.717, 1.165) is 0 Å². The fraction of sp³-hybridized carbons (Fsp3) is 0.571. The number of carbonyl (C=O) groups is 1. The Morgan fingerprint density at radius 1 is 1.57 bits per heavy atom. The number of halogens is 4. The van der Waals surface area contributed by atoms with Gasteiger partial charge in [-0.25, -0.2) is 13.2 Å². The Balaban J connectivity index is 0. The lowest BCUT2D eigenvalue weighted by Crippen LogP contribution is -2.38. The lowest BCUT2D eigenvalue weighted by atomic mass is 10.3. The van der Waals surface area contributed by atoms with Crippen molar-refractivity contribution in [2.45, 2.75) is 19.4 Å². The van der Waals surface area contributed by atoms with Crippen molar-refractivity contribution >= 4 is 18.3 Å². The smallest absolute Gasteiger partial charge is 0.289 e. The third-order valence-corrected chi connectivity index (χ3v) is 1.20. The number of amides is 1. The van der Waals surface area contributed by atoms with Crippen LogP contribution >= 0.6 is 12.4 Å². The quantitative estimate of drug-likeness (QED) is 0.760. The molecule has 0 spiro atoms. The number of carbonyl (C=O) groups excluding carboxylic acids is 1. The first-order valence-corrected chi connectivity index (χ1v) is 3.62. The Hall–Kier alpha value is -0.750. The van der Waals surface area contributed by atoms with Crippen molar-refractivity contribution in [2.75, 3.05) is 6.54 Å². The summed E-state index contributed by atoms with van der Waals surface area (Å²) in [6.45, 7) is 1.15. The third-order valence-electron chi connectivity index (χ3n) is 1.20. The molecule has 0 aliphatic rings. The number of hydrogen-bond donors (Lipinski definition) is 2. The Morgan fingerprint density at radius 2 is 2.07 bits per heavy atom. The summed E-state index contributed by atoms with van der Waals surface area (Å²) in [6, 6.07) is -0.733. The Kier molecular flexibility index (Phi) is 8.57. The molecule has 84 valence electrons. The Labute approximate surface area is 85.9 Å². The van der Waals surface area contributed by atoms with Crippen LogP contribution in [-0.4, -0.2) is 24.9 Å². The van der Waals surface area contributed by atoms with Gasteiger partial charge in [0.25, 0.3) is 6.43 Å². The summed E-state index contributed by atoms with van der Waals surface area (Å²) in [5, 5.41) is 2.15. The van der Waals surface area contributed by atoms with Gasteiger partial charge in [-0.3, -0.25) is 4.79 Å². The predicted octanol–water partition coefficient (Wildman–Crippen LogP) is 0.990. The van der Waals surface area contributed by atoms with Crippen molar-refractivity contribution in [1.29, 1.82) is 0 Å². The summed E-state index contributed by atoms with van der Waals surface area (Å²) in [4.78, 5) is 10.7. The van der Waals surface area contributed by atoms with Crippen molar-refractivity contribution < 1.29 is 18.0 Å². The average molecular weight is 233 g/mol. The fourth-order valence-corrected chi connectivity index (χ4v) is 0.499. The van der Waals surface area contributed by atoms with Gasteiger partial charge in [-0.05, 0) is 13.0 Å². The number of nitrogens with two attached hydrogens (primary N) is 1. The standard InChI is InChI=1S/C7H11F3N2O.ClH/c1-4(11)7(13)12-3-2-5(8)6(9)10;/h2,4,6H,3,11H2,1H3,(H,12,13);1H/b5-2-;. The van der Waals surface area contributed by atoms with Gasteiger partial charge in [-0.2, -0.15) is 0 Å². The zero-order valence-electron chi connectivity index (χ0n) is 7.47. The van der Waals surface area contributed by atoms with Gasteiger partial charge in [0.05, 0.1) is 6.04 Å². The minimum absolute atomic E-state index is 0. The maximum Gasteiger partial charge on any atom is 0.289 e. The van der Waals surface area contributed by atoms with Gasteiger partial charge in [0.1, 0.15) is 0 Å². The molecule has 7 heteroatoms. The summed E-state index contributed by atoms with van der Waals surface area (Å²) in [7, 11) is 0. The number of nitrogens with one attached hydrogen (secondary N) is 1. The normalized spacial score (nSPS) is 13.4. The Morgan fingerprint density at radius 3 is 2.43 bits per heavy atom. The van der Waals surface area contributed by atoms with Crippen LogP contribution in [0.4, 0.5) is 13.2 Å². The van der Waals surface area contributed by atoms with Crippen LogP contribution in [0.25, 0.3) is 0 Å². The zero-order chi connectivity index (χ0) is 10.4. The van der Waals surface area contributed by atoms with Crippen LogP contribution in [0.2, 0.25) is 0 Å². The summed E-state index contributed by atoms with van der Waals surface area (Å²) in [5.41, 5.74) is 5.14. The molecule has 3 N–H and O–H groups in total. The first kappa shape index (κ1) is 15.7. The lowest BCUT2D eigenvalue weighted by Gasteiger charge is -2.04. The molecule has 0 bridgehead atoms. The van der Waals surface area contributed by atoms with Crippen molar-refractivity contribution in [3.8, 4) is 0 Å². The van der Waals surface area contributed by atoms with Gasteiger partial charge in [0.15, 0.2) is 5.83 Å². The predicted molar refractivity (Wildman–Crippen MR) is 49.1 cm³/mol. The summed E-state index contributed by atoms with van der Waals surface area (Å²) < 4.78 is 35.2. The maximum atomic E-state index is 12.1. The van der Waals surface area contributed by atoms with Gasteiger partial charge < -0.3 is 11.1 Å². The van der Waals surface area contributed by atoms with Crippen LogP contribution in [0.5, 0.6) is 0 Å². The van der Waals surface area contributed by atoms with Crippen molar-refractivity contribution in [1.82, 2.24) is 5.32 Å². The van der Waals surface area contributed by atoms with Crippen LogP contribution in [0.3, 0.4) is 0 Å². The molecule has 0 aromatic rings. The molecule has 0 saturated heterocycles. The number of hydrogen-bond acceptors (Lipinski definition) is 2. The molecule has 0 rings (SSSR count). The Bertz CT molecular complexity index is 209. The largest absolute Gasteiger partial charge is 0.351 e. The number of rotatable bonds is 4.